The van der Waals surface area contributed by atoms with E-state index in [0.29, 0.717) is 0 Å². The summed E-state index contributed by atoms with van der Waals surface area (Å²) in [5, 5.41) is 7.73. The van der Waals surface area contributed by atoms with Gasteiger partial charge in [-0.1, -0.05) is 105 Å². The summed E-state index contributed by atoms with van der Waals surface area (Å²) in [6.45, 7) is 4.74. The van der Waals surface area contributed by atoms with Gasteiger partial charge < -0.3 is 9.13 Å². The van der Waals surface area contributed by atoms with Crippen molar-refractivity contribution >= 4 is 75.1 Å². The molecule has 1 aliphatic rings. The molecule has 1 aliphatic carbocycles. The number of aromatic nitrogens is 2. The maximum atomic E-state index is 2.47. The van der Waals surface area contributed by atoms with Crippen molar-refractivity contribution in [3.63, 3.8) is 0 Å². The molecule has 0 spiro atoms. The summed E-state index contributed by atoms with van der Waals surface area (Å²) in [7, 11) is 0. The summed E-state index contributed by atoms with van der Waals surface area (Å²) in [5.41, 5.74) is 15.2. The fourth-order valence-corrected chi connectivity index (χ4v) is 10.6. The Morgan fingerprint density at radius 1 is 0.370 bits per heavy atom. The van der Waals surface area contributed by atoms with Crippen LogP contribution >= 0.6 is 11.3 Å². The van der Waals surface area contributed by atoms with E-state index in [1.54, 1.807) is 0 Å². The third-order valence-corrected chi connectivity index (χ3v) is 13.3. The molecule has 3 heteroatoms. The molecule has 2 nitrogen and oxygen atoms in total. The van der Waals surface area contributed by atoms with Crippen molar-refractivity contribution in [2.45, 2.75) is 19.3 Å². The predicted molar refractivity (Wildman–Crippen MR) is 231 cm³/mol. The van der Waals surface area contributed by atoms with E-state index in [9.17, 15) is 0 Å². The molecule has 0 aliphatic heterocycles. The Hall–Kier alpha value is -6.42. The first kappa shape index (κ1) is 30.1. The minimum absolute atomic E-state index is 0.0684. The van der Waals surface area contributed by atoms with Crippen LogP contribution < -0.4 is 0 Å². The van der Waals surface area contributed by atoms with Gasteiger partial charge in [-0.3, -0.25) is 0 Å². The fraction of sp³-hybridized carbons (Fsp3) is 0.0588. The van der Waals surface area contributed by atoms with Crippen molar-refractivity contribution in [2.24, 2.45) is 0 Å². The standard InChI is InChI=1S/C51H34N2S/c1-51(2)43-17-9-6-14-35(43)38-29-41-40-27-32(21-24-47(40)52(48(41)30-44(38)51)33-12-4-3-5-13-33)31-20-23-46-39(26-31)36-15-7-10-18-45(36)53(46)34-22-25-50-42(28-34)37-16-8-11-19-49(37)54-50/h3-30H,1-2H3. The highest BCUT2D eigenvalue weighted by Crippen LogP contribution is 2.51. The van der Waals surface area contributed by atoms with E-state index in [1.165, 1.54) is 109 Å². The van der Waals surface area contributed by atoms with Crippen molar-refractivity contribution < 1.29 is 0 Å². The molecular formula is C51H34N2S. The minimum atomic E-state index is -0.0684. The number of para-hydroxylation sites is 2. The summed E-state index contributed by atoms with van der Waals surface area (Å²) >= 11 is 1.87. The van der Waals surface area contributed by atoms with Crippen LogP contribution in [0.25, 0.3) is 97.4 Å². The average Bonchev–Trinajstić information content (AvgIpc) is 3.92. The lowest BCUT2D eigenvalue weighted by Gasteiger charge is -2.21. The minimum Gasteiger partial charge on any atom is -0.309 e. The van der Waals surface area contributed by atoms with Crippen molar-refractivity contribution in [1.29, 1.82) is 0 Å². The van der Waals surface area contributed by atoms with E-state index in [1.807, 2.05) is 11.3 Å². The van der Waals surface area contributed by atoms with Crippen LogP contribution in [-0.2, 0) is 5.41 Å². The first-order valence-electron chi connectivity index (χ1n) is 18.8. The molecule has 3 aromatic heterocycles. The van der Waals surface area contributed by atoms with Crippen LogP contribution in [0.1, 0.15) is 25.0 Å². The van der Waals surface area contributed by atoms with E-state index in [0.717, 1.165) is 0 Å². The number of benzene rings is 8. The van der Waals surface area contributed by atoms with Crippen molar-refractivity contribution in [2.75, 3.05) is 0 Å². The second-order valence-electron chi connectivity index (χ2n) is 15.4. The number of thiophene rings is 1. The Morgan fingerprint density at radius 2 is 0.981 bits per heavy atom. The Labute approximate surface area is 316 Å². The van der Waals surface area contributed by atoms with Gasteiger partial charge in [-0.2, -0.15) is 0 Å². The maximum absolute atomic E-state index is 2.47. The molecule has 3 heterocycles. The van der Waals surface area contributed by atoms with E-state index >= 15 is 0 Å². The van der Waals surface area contributed by atoms with Gasteiger partial charge in [-0.05, 0) is 112 Å². The zero-order chi connectivity index (χ0) is 35.7. The molecule has 0 saturated carbocycles. The topological polar surface area (TPSA) is 9.86 Å². The van der Waals surface area contributed by atoms with Crippen molar-refractivity contribution in [1.82, 2.24) is 9.13 Å². The third-order valence-electron chi connectivity index (χ3n) is 12.1. The summed E-state index contributed by atoms with van der Waals surface area (Å²) < 4.78 is 7.55. The van der Waals surface area contributed by atoms with E-state index in [2.05, 4.69) is 193 Å². The number of fused-ring (bicyclic) bond motifs is 12. The Kier molecular flexibility index (Phi) is 6.03. The van der Waals surface area contributed by atoms with Gasteiger partial charge >= 0.3 is 0 Å². The Morgan fingerprint density at radius 3 is 1.80 bits per heavy atom. The molecule has 11 aromatic rings. The summed E-state index contributed by atoms with van der Waals surface area (Å²) in [5.74, 6) is 0. The molecule has 0 unspecified atom stereocenters. The smallest absolute Gasteiger partial charge is 0.0544 e. The van der Waals surface area contributed by atoms with E-state index in [-0.39, 0.29) is 5.41 Å². The number of hydrogen-bond acceptors (Lipinski definition) is 1. The van der Waals surface area contributed by atoms with Crippen LogP contribution in [0.5, 0.6) is 0 Å². The Balaban J connectivity index is 1.07. The lowest BCUT2D eigenvalue weighted by Crippen LogP contribution is -2.14. The molecule has 12 rings (SSSR count). The predicted octanol–water partition coefficient (Wildman–Crippen LogP) is 14.2. The normalized spacial score (nSPS) is 13.5. The van der Waals surface area contributed by atoms with Crippen molar-refractivity contribution in [3.05, 3.63) is 181 Å². The molecular weight excluding hydrogens is 673 g/mol. The highest BCUT2D eigenvalue weighted by atomic mass is 32.1. The molecule has 254 valence electrons. The second kappa shape index (κ2) is 10.8. The molecule has 0 N–H and O–H groups in total. The van der Waals surface area contributed by atoms with Crippen LogP contribution in [-0.4, -0.2) is 9.13 Å². The first-order chi connectivity index (χ1) is 26.5. The average molecular weight is 707 g/mol. The van der Waals surface area contributed by atoms with Crippen LogP contribution in [0, 0.1) is 0 Å². The summed E-state index contributed by atoms with van der Waals surface area (Å²) in [6, 6.07) is 63.4. The number of rotatable bonds is 3. The lowest BCUT2D eigenvalue weighted by molar-refractivity contribution is 0.661. The summed E-state index contributed by atoms with van der Waals surface area (Å²) in [6.07, 6.45) is 0. The van der Waals surface area contributed by atoms with Crippen molar-refractivity contribution in [3.8, 4) is 33.6 Å². The molecule has 0 atom stereocenters. The van der Waals surface area contributed by atoms with Gasteiger partial charge in [0.1, 0.15) is 0 Å². The molecule has 8 aromatic carbocycles. The largest absolute Gasteiger partial charge is 0.309 e. The van der Waals surface area contributed by atoms with Crippen LogP contribution in [0.3, 0.4) is 0 Å². The van der Waals surface area contributed by atoms with Gasteiger partial charge in [-0.15, -0.1) is 11.3 Å². The highest BCUT2D eigenvalue weighted by molar-refractivity contribution is 7.25. The van der Waals surface area contributed by atoms with E-state index < -0.39 is 0 Å². The number of hydrogen-bond donors (Lipinski definition) is 0. The molecule has 0 bridgehead atoms. The highest BCUT2D eigenvalue weighted by Gasteiger charge is 2.36. The van der Waals surface area contributed by atoms with Gasteiger partial charge in [0.25, 0.3) is 0 Å². The third kappa shape index (κ3) is 4.05. The molecule has 0 saturated heterocycles. The zero-order valence-corrected chi connectivity index (χ0v) is 30.8. The number of nitrogens with zero attached hydrogens (tertiary/aromatic N) is 2. The molecule has 0 amide bonds. The zero-order valence-electron chi connectivity index (χ0n) is 30.0. The van der Waals surface area contributed by atoms with Gasteiger partial charge in [0.2, 0.25) is 0 Å². The lowest BCUT2D eigenvalue weighted by atomic mass is 9.82. The Bertz CT molecular complexity index is 3350. The molecule has 54 heavy (non-hydrogen) atoms. The van der Waals surface area contributed by atoms with Gasteiger partial charge in [0.15, 0.2) is 0 Å². The SMILES string of the molecule is CC1(C)c2ccccc2-c2cc3c4cc(-c5ccc6c(c5)c5ccccc5n6-c5ccc6sc7ccccc7c6c5)ccc4n(-c4ccccc4)c3cc21. The molecule has 0 fully saturated rings. The van der Waals surface area contributed by atoms with Crippen LogP contribution in [0.2, 0.25) is 0 Å². The van der Waals surface area contributed by atoms with Crippen LogP contribution in [0.15, 0.2) is 170 Å². The van der Waals surface area contributed by atoms with E-state index in [4.69, 9.17) is 0 Å². The fourth-order valence-electron chi connectivity index (χ4n) is 9.53. The molecule has 0 radical (unpaired) electrons. The van der Waals surface area contributed by atoms with Crippen LogP contribution in [0.4, 0.5) is 0 Å². The second-order valence-corrected chi connectivity index (χ2v) is 16.4. The summed E-state index contributed by atoms with van der Waals surface area (Å²) in [4.78, 5) is 0. The van der Waals surface area contributed by atoms with Gasteiger partial charge in [0.05, 0.1) is 22.1 Å². The quantitative estimate of drug-likeness (QED) is 0.173. The maximum Gasteiger partial charge on any atom is 0.0544 e. The van der Waals surface area contributed by atoms with Gasteiger partial charge in [-0.25, -0.2) is 0 Å². The monoisotopic (exact) mass is 706 g/mol. The van der Waals surface area contributed by atoms with Gasteiger partial charge in [0, 0.05) is 58.5 Å². The first-order valence-corrected chi connectivity index (χ1v) is 19.6.